The number of halogens is 2. The van der Waals surface area contributed by atoms with Crippen molar-refractivity contribution in [3.63, 3.8) is 0 Å². The van der Waals surface area contributed by atoms with Crippen LogP contribution in [0, 0.1) is 11.6 Å². The molecule has 8 heteroatoms. The minimum absolute atomic E-state index is 0.0818. The van der Waals surface area contributed by atoms with Gasteiger partial charge >= 0.3 is 0 Å². The van der Waals surface area contributed by atoms with E-state index in [0.29, 0.717) is 29.6 Å². The number of carbonyl (C=O) groups is 1. The molecule has 0 radical (unpaired) electrons. The molecule has 5 rings (SSSR count). The molecular weight excluding hydrogens is 480 g/mol. The van der Waals surface area contributed by atoms with E-state index in [1.165, 1.54) is 6.07 Å². The van der Waals surface area contributed by atoms with Gasteiger partial charge in [0.05, 0.1) is 23.8 Å². The van der Waals surface area contributed by atoms with Crippen molar-refractivity contribution >= 4 is 32.6 Å². The number of thiazole rings is 1. The minimum Gasteiger partial charge on any atom is -0.379 e. The fraction of sp³-hybridized carbons (Fsp3) is 0.286. The van der Waals surface area contributed by atoms with Gasteiger partial charge in [-0.05, 0) is 23.6 Å². The Labute approximate surface area is 212 Å². The highest BCUT2D eigenvalue weighted by molar-refractivity contribution is 7.22. The molecule has 1 saturated heterocycles. The molecule has 186 valence electrons. The first kappa shape index (κ1) is 24.5. The summed E-state index contributed by atoms with van der Waals surface area (Å²) in [6.45, 7) is 4.34. The lowest BCUT2D eigenvalue weighted by molar-refractivity contribution is -0.119. The fourth-order valence-corrected chi connectivity index (χ4v) is 5.60. The second-order valence-electron chi connectivity index (χ2n) is 8.78. The van der Waals surface area contributed by atoms with Crippen molar-refractivity contribution in [2.45, 2.75) is 12.3 Å². The summed E-state index contributed by atoms with van der Waals surface area (Å²) in [5.41, 5.74) is 1.81. The van der Waals surface area contributed by atoms with E-state index in [4.69, 9.17) is 4.74 Å². The van der Waals surface area contributed by atoms with Crippen molar-refractivity contribution in [2.24, 2.45) is 0 Å². The Bertz CT molecular complexity index is 1270. The lowest BCUT2D eigenvalue weighted by Crippen LogP contribution is -2.40. The number of carbonyl (C=O) groups excluding carboxylic acids is 1. The Hall–Kier alpha value is -3.20. The normalized spacial score (nSPS) is 14.4. The fourth-order valence-electron chi connectivity index (χ4n) is 4.56. The molecule has 1 amide bonds. The molecule has 0 aliphatic carbocycles. The van der Waals surface area contributed by atoms with Crippen LogP contribution >= 0.6 is 11.3 Å². The van der Waals surface area contributed by atoms with Gasteiger partial charge in [0, 0.05) is 32.2 Å². The molecule has 1 aromatic heterocycles. The number of fused-ring (bicyclic) bond motifs is 1. The van der Waals surface area contributed by atoms with Crippen molar-refractivity contribution in [1.82, 2.24) is 9.88 Å². The summed E-state index contributed by atoms with van der Waals surface area (Å²) in [5.74, 6) is -2.08. The topological polar surface area (TPSA) is 45.7 Å². The number of ether oxygens (including phenoxy) is 1. The largest absolute Gasteiger partial charge is 0.379 e. The molecule has 0 spiro atoms. The minimum atomic E-state index is -0.726. The standard InChI is InChI=1S/C28H27F2N3O2S/c29-22-18-23(30)26-24(19-22)36-28(31-26)33(13-7-12-32-14-16-35-17-15-32)27(34)25(20-8-3-1-4-9-20)21-10-5-2-6-11-21/h1-6,8-11,18-19,25H,7,12-17H2. The molecule has 3 aromatic carbocycles. The van der Waals surface area contributed by atoms with Gasteiger partial charge in [-0.15, -0.1) is 0 Å². The Morgan fingerprint density at radius 3 is 2.28 bits per heavy atom. The highest BCUT2D eigenvalue weighted by atomic mass is 32.1. The van der Waals surface area contributed by atoms with E-state index >= 15 is 0 Å². The number of amides is 1. The number of hydrogen-bond acceptors (Lipinski definition) is 5. The summed E-state index contributed by atoms with van der Waals surface area (Å²) >= 11 is 1.14. The van der Waals surface area contributed by atoms with Crippen LogP contribution in [0.1, 0.15) is 23.5 Å². The van der Waals surface area contributed by atoms with Crippen LogP contribution in [-0.2, 0) is 9.53 Å². The first-order chi connectivity index (χ1) is 17.6. The van der Waals surface area contributed by atoms with E-state index in [1.54, 1.807) is 4.90 Å². The van der Waals surface area contributed by atoms with Gasteiger partial charge in [0.1, 0.15) is 11.3 Å². The van der Waals surface area contributed by atoms with E-state index in [2.05, 4.69) is 9.88 Å². The molecule has 0 N–H and O–H groups in total. The van der Waals surface area contributed by atoms with Crippen LogP contribution in [0.3, 0.4) is 0 Å². The highest BCUT2D eigenvalue weighted by Crippen LogP contribution is 2.35. The number of nitrogens with zero attached hydrogens (tertiary/aromatic N) is 3. The number of aromatic nitrogens is 1. The second-order valence-corrected chi connectivity index (χ2v) is 9.79. The van der Waals surface area contributed by atoms with Gasteiger partial charge in [0.2, 0.25) is 5.91 Å². The predicted molar refractivity (Wildman–Crippen MR) is 138 cm³/mol. The maximum absolute atomic E-state index is 14.5. The Kier molecular flexibility index (Phi) is 7.65. The molecule has 1 aliphatic heterocycles. The third-order valence-corrected chi connectivity index (χ3v) is 7.40. The first-order valence-corrected chi connectivity index (χ1v) is 12.9. The zero-order chi connectivity index (χ0) is 24.9. The van der Waals surface area contributed by atoms with Crippen LogP contribution in [0.25, 0.3) is 10.2 Å². The van der Waals surface area contributed by atoms with Gasteiger partial charge in [-0.2, -0.15) is 0 Å². The van der Waals surface area contributed by atoms with Gasteiger partial charge < -0.3 is 4.74 Å². The Morgan fingerprint density at radius 1 is 1.00 bits per heavy atom. The van der Waals surface area contributed by atoms with Crippen LogP contribution in [0.5, 0.6) is 0 Å². The van der Waals surface area contributed by atoms with Crippen molar-refractivity contribution in [3.8, 4) is 0 Å². The summed E-state index contributed by atoms with van der Waals surface area (Å²) in [5, 5.41) is 0.373. The number of morpholine rings is 1. The van der Waals surface area contributed by atoms with Crippen LogP contribution in [0.15, 0.2) is 72.8 Å². The third kappa shape index (κ3) is 5.46. The average Bonchev–Trinajstić information content (AvgIpc) is 3.32. The Balaban J connectivity index is 1.50. The predicted octanol–water partition coefficient (Wildman–Crippen LogP) is 5.46. The van der Waals surface area contributed by atoms with Crippen molar-refractivity contribution in [3.05, 3.63) is 95.6 Å². The maximum atomic E-state index is 14.5. The third-order valence-electron chi connectivity index (χ3n) is 6.37. The average molecular weight is 508 g/mol. The van der Waals surface area contributed by atoms with E-state index in [9.17, 15) is 13.6 Å². The van der Waals surface area contributed by atoms with Crippen LogP contribution in [-0.4, -0.2) is 55.2 Å². The van der Waals surface area contributed by atoms with E-state index in [0.717, 1.165) is 54.6 Å². The molecule has 2 heterocycles. The highest BCUT2D eigenvalue weighted by Gasteiger charge is 2.30. The molecule has 36 heavy (non-hydrogen) atoms. The maximum Gasteiger partial charge on any atom is 0.240 e. The van der Waals surface area contributed by atoms with Gasteiger partial charge in [-0.25, -0.2) is 13.8 Å². The number of hydrogen-bond donors (Lipinski definition) is 0. The molecular formula is C28H27F2N3O2S. The zero-order valence-electron chi connectivity index (χ0n) is 19.8. The van der Waals surface area contributed by atoms with E-state index in [-0.39, 0.29) is 11.4 Å². The van der Waals surface area contributed by atoms with E-state index in [1.807, 2.05) is 60.7 Å². The summed E-state index contributed by atoms with van der Waals surface area (Å²) in [6.07, 6.45) is 0.717. The van der Waals surface area contributed by atoms with Gasteiger partial charge in [0.25, 0.3) is 0 Å². The summed E-state index contributed by atoms with van der Waals surface area (Å²) < 4.78 is 34.2. The summed E-state index contributed by atoms with van der Waals surface area (Å²) in [7, 11) is 0. The molecule has 0 saturated carbocycles. The lowest BCUT2D eigenvalue weighted by Gasteiger charge is -2.29. The van der Waals surface area contributed by atoms with Crippen molar-refractivity contribution < 1.29 is 18.3 Å². The van der Waals surface area contributed by atoms with Crippen LogP contribution < -0.4 is 4.90 Å². The van der Waals surface area contributed by atoms with E-state index < -0.39 is 17.6 Å². The summed E-state index contributed by atoms with van der Waals surface area (Å²) in [6, 6.07) is 21.3. The molecule has 5 nitrogen and oxygen atoms in total. The molecule has 0 unspecified atom stereocenters. The molecule has 1 fully saturated rings. The molecule has 4 aromatic rings. The molecule has 0 bridgehead atoms. The van der Waals surface area contributed by atoms with Crippen LogP contribution in [0.4, 0.5) is 13.9 Å². The SMILES string of the molecule is O=C(C(c1ccccc1)c1ccccc1)N(CCCN1CCOCC1)c1nc2c(F)cc(F)cc2s1. The number of rotatable bonds is 8. The lowest BCUT2D eigenvalue weighted by atomic mass is 9.90. The molecule has 0 atom stereocenters. The Morgan fingerprint density at radius 2 is 1.64 bits per heavy atom. The van der Waals surface area contributed by atoms with Gasteiger partial charge in [0.15, 0.2) is 10.9 Å². The molecule has 1 aliphatic rings. The number of benzene rings is 3. The van der Waals surface area contributed by atoms with Gasteiger partial charge in [-0.3, -0.25) is 14.6 Å². The van der Waals surface area contributed by atoms with Crippen molar-refractivity contribution in [2.75, 3.05) is 44.3 Å². The van der Waals surface area contributed by atoms with Crippen LogP contribution in [0.2, 0.25) is 0 Å². The first-order valence-electron chi connectivity index (χ1n) is 12.1. The van der Waals surface area contributed by atoms with Gasteiger partial charge in [-0.1, -0.05) is 72.0 Å². The zero-order valence-corrected chi connectivity index (χ0v) is 20.6. The summed E-state index contributed by atoms with van der Waals surface area (Å²) in [4.78, 5) is 22.7. The smallest absolute Gasteiger partial charge is 0.240 e. The monoisotopic (exact) mass is 507 g/mol. The second kappa shape index (κ2) is 11.2. The van der Waals surface area contributed by atoms with Crippen molar-refractivity contribution in [1.29, 1.82) is 0 Å². The quantitative estimate of drug-likeness (QED) is 0.318. The number of anilines is 1.